The van der Waals surface area contributed by atoms with E-state index in [1.165, 1.54) is 25.7 Å². The summed E-state index contributed by atoms with van der Waals surface area (Å²) in [6, 6.07) is 0. The first kappa shape index (κ1) is 15.3. The number of nitrogens with one attached hydrogen (secondary N) is 1. The molecule has 0 aliphatic heterocycles. The molecule has 1 fully saturated rings. The summed E-state index contributed by atoms with van der Waals surface area (Å²) in [5.41, 5.74) is 0.374. The van der Waals surface area contributed by atoms with Gasteiger partial charge in [-0.2, -0.15) is 0 Å². The Morgan fingerprint density at radius 2 is 1.94 bits per heavy atom. The third-order valence-electron chi connectivity index (χ3n) is 3.71. The Kier molecular flexibility index (Phi) is 7.49. The lowest BCUT2D eigenvalue weighted by atomic mass is 9.88. The molecule has 0 heterocycles. The van der Waals surface area contributed by atoms with Crippen molar-refractivity contribution in [3.05, 3.63) is 0 Å². The zero-order valence-electron chi connectivity index (χ0n) is 11.4. The van der Waals surface area contributed by atoms with Crippen molar-refractivity contribution in [2.24, 2.45) is 11.3 Å². The molecule has 1 rings (SSSR count). The van der Waals surface area contributed by atoms with Gasteiger partial charge in [0.15, 0.2) is 0 Å². The second-order valence-corrected chi connectivity index (χ2v) is 6.08. The van der Waals surface area contributed by atoms with Crippen LogP contribution in [0, 0.1) is 11.3 Å². The summed E-state index contributed by atoms with van der Waals surface area (Å²) in [4.78, 5) is 0. The van der Waals surface area contributed by atoms with Crippen LogP contribution in [0.5, 0.6) is 0 Å². The molecular formula is C14H28ClNO. The van der Waals surface area contributed by atoms with Crippen molar-refractivity contribution in [3.8, 4) is 0 Å². The van der Waals surface area contributed by atoms with Gasteiger partial charge in [-0.3, -0.25) is 0 Å². The summed E-state index contributed by atoms with van der Waals surface area (Å²) in [6.45, 7) is 8.18. The molecule has 102 valence electrons. The normalized spacial score (nSPS) is 19.1. The van der Waals surface area contributed by atoms with Crippen molar-refractivity contribution in [1.82, 2.24) is 5.32 Å². The summed E-state index contributed by atoms with van der Waals surface area (Å²) in [7, 11) is 0. The Morgan fingerprint density at radius 1 is 1.24 bits per heavy atom. The van der Waals surface area contributed by atoms with Gasteiger partial charge in [0, 0.05) is 25.6 Å². The molecule has 0 aromatic carbocycles. The number of alkyl halides is 1. The van der Waals surface area contributed by atoms with E-state index in [1.54, 1.807) is 0 Å². The molecule has 1 aliphatic carbocycles. The third kappa shape index (κ3) is 6.08. The minimum absolute atomic E-state index is 0.374. The van der Waals surface area contributed by atoms with Crippen LogP contribution in [0.1, 0.15) is 46.0 Å². The maximum atomic E-state index is 6.09. The van der Waals surface area contributed by atoms with E-state index in [0.717, 1.165) is 44.5 Å². The number of rotatable bonds is 9. The quantitative estimate of drug-likeness (QED) is 0.507. The highest BCUT2D eigenvalue weighted by atomic mass is 35.5. The van der Waals surface area contributed by atoms with Crippen LogP contribution in [-0.4, -0.2) is 32.2 Å². The van der Waals surface area contributed by atoms with Crippen LogP contribution >= 0.6 is 11.6 Å². The van der Waals surface area contributed by atoms with Gasteiger partial charge in [0.25, 0.3) is 0 Å². The van der Waals surface area contributed by atoms with E-state index in [4.69, 9.17) is 16.3 Å². The highest BCUT2D eigenvalue weighted by molar-refractivity contribution is 6.18. The summed E-state index contributed by atoms with van der Waals surface area (Å²) >= 11 is 6.09. The molecule has 0 unspecified atom stereocenters. The zero-order valence-corrected chi connectivity index (χ0v) is 12.2. The second-order valence-electron chi connectivity index (χ2n) is 5.81. The van der Waals surface area contributed by atoms with Crippen LogP contribution in [0.15, 0.2) is 0 Å². The Bertz CT molecular complexity index is 191. The van der Waals surface area contributed by atoms with E-state index < -0.39 is 0 Å². The van der Waals surface area contributed by atoms with Gasteiger partial charge < -0.3 is 10.1 Å². The second kappa shape index (κ2) is 8.34. The van der Waals surface area contributed by atoms with E-state index in [2.05, 4.69) is 19.2 Å². The smallest absolute Gasteiger partial charge is 0.0590 e. The average Bonchev–Trinajstić information content (AvgIpc) is 2.77. The van der Waals surface area contributed by atoms with Crippen LogP contribution in [0.25, 0.3) is 0 Å². The van der Waals surface area contributed by atoms with Crippen LogP contribution < -0.4 is 5.32 Å². The van der Waals surface area contributed by atoms with Crippen molar-refractivity contribution in [3.63, 3.8) is 0 Å². The standard InChI is InChI=1S/C14H28ClNO/c1-13(2)5-9-17-10-8-16-12-14(11-15)6-3-4-7-14/h13,16H,3-12H2,1-2H3. The van der Waals surface area contributed by atoms with Crippen LogP contribution in [0.3, 0.4) is 0 Å². The summed E-state index contributed by atoms with van der Waals surface area (Å²) in [6.07, 6.45) is 6.43. The Hall–Kier alpha value is 0.210. The van der Waals surface area contributed by atoms with Crippen molar-refractivity contribution in [2.45, 2.75) is 46.0 Å². The molecule has 0 saturated heterocycles. The summed E-state index contributed by atoms with van der Waals surface area (Å²) in [5, 5.41) is 3.50. The first-order chi connectivity index (χ1) is 8.18. The van der Waals surface area contributed by atoms with Crippen molar-refractivity contribution in [2.75, 3.05) is 32.2 Å². The van der Waals surface area contributed by atoms with Crippen molar-refractivity contribution in [1.29, 1.82) is 0 Å². The van der Waals surface area contributed by atoms with Gasteiger partial charge in [0.2, 0.25) is 0 Å². The predicted octanol–water partition coefficient (Wildman–Crippen LogP) is 3.44. The molecule has 17 heavy (non-hydrogen) atoms. The average molecular weight is 262 g/mol. The fraction of sp³-hybridized carbons (Fsp3) is 1.00. The third-order valence-corrected chi connectivity index (χ3v) is 4.28. The molecule has 0 aromatic rings. The fourth-order valence-corrected chi connectivity index (χ4v) is 2.76. The number of hydrogen-bond acceptors (Lipinski definition) is 2. The molecular weight excluding hydrogens is 234 g/mol. The highest BCUT2D eigenvalue weighted by Gasteiger charge is 2.32. The van der Waals surface area contributed by atoms with Crippen LogP contribution in [0.4, 0.5) is 0 Å². The molecule has 1 aliphatic rings. The first-order valence-electron chi connectivity index (χ1n) is 7.03. The molecule has 0 amide bonds. The number of halogens is 1. The van der Waals surface area contributed by atoms with Gasteiger partial charge in [-0.1, -0.05) is 26.7 Å². The molecule has 1 saturated carbocycles. The van der Waals surface area contributed by atoms with E-state index in [1.807, 2.05) is 0 Å². The van der Waals surface area contributed by atoms with E-state index >= 15 is 0 Å². The Labute approximate surface area is 111 Å². The number of hydrogen-bond donors (Lipinski definition) is 1. The minimum atomic E-state index is 0.374. The summed E-state index contributed by atoms with van der Waals surface area (Å²) < 4.78 is 5.58. The maximum Gasteiger partial charge on any atom is 0.0590 e. The van der Waals surface area contributed by atoms with Gasteiger partial charge in [-0.05, 0) is 30.6 Å². The van der Waals surface area contributed by atoms with Crippen molar-refractivity contribution >= 4 is 11.6 Å². The molecule has 3 heteroatoms. The molecule has 1 N–H and O–H groups in total. The Morgan fingerprint density at radius 3 is 2.53 bits per heavy atom. The lowest BCUT2D eigenvalue weighted by Crippen LogP contribution is -2.35. The van der Waals surface area contributed by atoms with E-state index in [0.29, 0.717) is 5.41 Å². The lowest BCUT2D eigenvalue weighted by Gasteiger charge is -2.26. The van der Waals surface area contributed by atoms with E-state index in [9.17, 15) is 0 Å². The zero-order chi connectivity index (χ0) is 12.6. The molecule has 0 atom stereocenters. The van der Waals surface area contributed by atoms with Gasteiger partial charge in [-0.15, -0.1) is 11.6 Å². The van der Waals surface area contributed by atoms with Gasteiger partial charge >= 0.3 is 0 Å². The lowest BCUT2D eigenvalue weighted by molar-refractivity contribution is 0.123. The maximum absolute atomic E-state index is 6.09. The topological polar surface area (TPSA) is 21.3 Å². The monoisotopic (exact) mass is 261 g/mol. The highest BCUT2D eigenvalue weighted by Crippen LogP contribution is 2.38. The van der Waals surface area contributed by atoms with Gasteiger partial charge in [0.1, 0.15) is 0 Å². The Balaban J connectivity index is 1.96. The summed E-state index contributed by atoms with van der Waals surface area (Å²) in [5.74, 6) is 1.54. The molecule has 0 bridgehead atoms. The fourth-order valence-electron chi connectivity index (χ4n) is 2.40. The SMILES string of the molecule is CC(C)CCOCCNCC1(CCl)CCCC1. The molecule has 2 nitrogen and oxygen atoms in total. The van der Waals surface area contributed by atoms with E-state index in [-0.39, 0.29) is 0 Å². The van der Waals surface area contributed by atoms with Gasteiger partial charge in [-0.25, -0.2) is 0 Å². The van der Waals surface area contributed by atoms with Gasteiger partial charge in [0.05, 0.1) is 6.61 Å². The number of ether oxygens (including phenoxy) is 1. The first-order valence-corrected chi connectivity index (χ1v) is 7.56. The largest absolute Gasteiger partial charge is 0.380 e. The molecule has 0 radical (unpaired) electrons. The molecule has 0 spiro atoms. The van der Waals surface area contributed by atoms with Crippen molar-refractivity contribution < 1.29 is 4.74 Å². The molecule has 0 aromatic heterocycles. The van der Waals surface area contributed by atoms with Crippen LogP contribution in [-0.2, 0) is 4.74 Å². The minimum Gasteiger partial charge on any atom is -0.380 e. The predicted molar refractivity (Wildman–Crippen MR) is 74.8 cm³/mol. The van der Waals surface area contributed by atoms with Crippen LogP contribution in [0.2, 0.25) is 0 Å².